The molecule has 0 saturated carbocycles. The van der Waals surface area contributed by atoms with Crippen LogP contribution in [0.2, 0.25) is 0 Å². The first-order chi connectivity index (χ1) is 5.73. The van der Waals surface area contributed by atoms with Gasteiger partial charge in [0.15, 0.2) is 0 Å². The molecule has 0 aliphatic rings. The minimum Gasteiger partial charge on any atom is -0.384 e. The molecule has 0 amide bonds. The van der Waals surface area contributed by atoms with Crippen LogP contribution < -0.4 is 5.73 Å². The molecule has 4 nitrogen and oxygen atoms in total. The van der Waals surface area contributed by atoms with Gasteiger partial charge in [-0.3, -0.25) is 0 Å². The van der Waals surface area contributed by atoms with Crippen LogP contribution in [-0.4, -0.2) is 21.6 Å². The molecule has 0 saturated heterocycles. The van der Waals surface area contributed by atoms with Gasteiger partial charge in [0.1, 0.15) is 11.9 Å². The van der Waals surface area contributed by atoms with E-state index in [1.807, 2.05) is 6.92 Å². The van der Waals surface area contributed by atoms with E-state index >= 15 is 0 Å². The zero-order valence-corrected chi connectivity index (χ0v) is 7.07. The first-order valence-electron chi connectivity index (χ1n) is 3.91. The highest BCUT2D eigenvalue weighted by molar-refractivity contribution is 5.14. The molecule has 66 valence electrons. The number of aliphatic hydroxyl groups is 1. The fourth-order valence-electron chi connectivity index (χ4n) is 1.01. The van der Waals surface area contributed by atoms with Gasteiger partial charge in [0, 0.05) is 24.5 Å². The van der Waals surface area contributed by atoms with Crippen molar-refractivity contribution in [1.29, 1.82) is 0 Å². The quantitative estimate of drug-likeness (QED) is 0.666. The van der Waals surface area contributed by atoms with E-state index in [2.05, 4.69) is 9.97 Å². The molecule has 1 unspecified atom stereocenters. The Labute approximate surface area is 71.5 Å². The van der Waals surface area contributed by atoms with Crippen molar-refractivity contribution in [3.8, 4) is 0 Å². The molecule has 0 bridgehead atoms. The van der Waals surface area contributed by atoms with Gasteiger partial charge in [-0.1, -0.05) is 6.92 Å². The van der Waals surface area contributed by atoms with E-state index < -0.39 is 5.60 Å². The second-order valence-corrected chi connectivity index (χ2v) is 2.72. The minimum atomic E-state index is -0.971. The van der Waals surface area contributed by atoms with Crippen LogP contribution in [0.3, 0.4) is 0 Å². The summed E-state index contributed by atoms with van der Waals surface area (Å²) in [6.07, 6.45) is 5.17. The largest absolute Gasteiger partial charge is 0.384 e. The van der Waals surface area contributed by atoms with Crippen LogP contribution in [0.4, 0.5) is 0 Å². The van der Waals surface area contributed by atoms with E-state index in [-0.39, 0.29) is 6.54 Å². The van der Waals surface area contributed by atoms with Crippen LogP contribution >= 0.6 is 0 Å². The zero-order chi connectivity index (χ0) is 9.03. The third-order valence-corrected chi connectivity index (χ3v) is 2.02. The van der Waals surface area contributed by atoms with Crippen molar-refractivity contribution in [2.75, 3.05) is 6.54 Å². The Morgan fingerprint density at radius 1 is 1.50 bits per heavy atom. The topological polar surface area (TPSA) is 72.0 Å². The molecule has 1 aromatic heterocycles. The van der Waals surface area contributed by atoms with Gasteiger partial charge in [-0.05, 0) is 6.42 Å². The lowest BCUT2D eigenvalue weighted by Crippen LogP contribution is -2.34. The standard InChI is InChI=1S/C8H13N3O/c1-2-8(12,5-9)7-3-10-6-11-4-7/h3-4,6,12H,2,5,9H2,1H3. The Bertz CT molecular complexity index is 233. The Morgan fingerprint density at radius 3 is 2.50 bits per heavy atom. The molecule has 0 aliphatic carbocycles. The highest BCUT2D eigenvalue weighted by atomic mass is 16.3. The van der Waals surface area contributed by atoms with Crippen molar-refractivity contribution < 1.29 is 5.11 Å². The maximum atomic E-state index is 9.90. The molecule has 0 radical (unpaired) electrons. The number of nitrogens with zero attached hydrogens (tertiary/aromatic N) is 2. The monoisotopic (exact) mass is 167 g/mol. The number of rotatable bonds is 3. The van der Waals surface area contributed by atoms with Gasteiger partial charge in [-0.15, -0.1) is 0 Å². The molecule has 1 heterocycles. The van der Waals surface area contributed by atoms with E-state index in [1.165, 1.54) is 6.33 Å². The van der Waals surface area contributed by atoms with Crippen molar-refractivity contribution >= 4 is 0 Å². The van der Waals surface area contributed by atoms with E-state index in [1.54, 1.807) is 12.4 Å². The summed E-state index contributed by atoms with van der Waals surface area (Å²) in [6, 6.07) is 0. The summed E-state index contributed by atoms with van der Waals surface area (Å²) in [5.41, 5.74) is 5.15. The van der Waals surface area contributed by atoms with Gasteiger partial charge >= 0.3 is 0 Å². The van der Waals surface area contributed by atoms with Gasteiger partial charge in [0.05, 0.1) is 0 Å². The highest BCUT2D eigenvalue weighted by Gasteiger charge is 2.25. The first-order valence-corrected chi connectivity index (χ1v) is 3.91. The number of aromatic nitrogens is 2. The van der Waals surface area contributed by atoms with Crippen LogP contribution in [0.5, 0.6) is 0 Å². The van der Waals surface area contributed by atoms with Gasteiger partial charge in [0.2, 0.25) is 0 Å². The fraction of sp³-hybridized carbons (Fsp3) is 0.500. The maximum Gasteiger partial charge on any atom is 0.115 e. The van der Waals surface area contributed by atoms with Gasteiger partial charge < -0.3 is 10.8 Å². The summed E-state index contributed by atoms with van der Waals surface area (Å²) in [7, 11) is 0. The summed E-state index contributed by atoms with van der Waals surface area (Å²) < 4.78 is 0. The molecule has 3 N–H and O–H groups in total. The summed E-state index contributed by atoms with van der Waals surface area (Å²) in [5, 5.41) is 9.90. The van der Waals surface area contributed by atoms with Crippen molar-refractivity contribution in [2.24, 2.45) is 5.73 Å². The van der Waals surface area contributed by atoms with E-state index in [0.717, 1.165) is 0 Å². The third-order valence-electron chi connectivity index (χ3n) is 2.02. The number of hydrogen-bond acceptors (Lipinski definition) is 4. The lowest BCUT2D eigenvalue weighted by molar-refractivity contribution is 0.0411. The van der Waals surface area contributed by atoms with E-state index in [0.29, 0.717) is 12.0 Å². The molecule has 12 heavy (non-hydrogen) atoms. The molecule has 4 heteroatoms. The normalized spacial score (nSPS) is 15.6. The van der Waals surface area contributed by atoms with Gasteiger partial charge in [-0.2, -0.15) is 0 Å². The maximum absolute atomic E-state index is 9.90. The first kappa shape index (κ1) is 9.09. The molecular weight excluding hydrogens is 154 g/mol. The van der Waals surface area contributed by atoms with Crippen molar-refractivity contribution in [3.63, 3.8) is 0 Å². The predicted molar refractivity (Wildman–Crippen MR) is 45.3 cm³/mol. The second kappa shape index (κ2) is 3.60. The second-order valence-electron chi connectivity index (χ2n) is 2.72. The SMILES string of the molecule is CCC(O)(CN)c1cncnc1. The van der Waals surface area contributed by atoms with Crippen molar-refractivity contribution in [3.05, 3.63) is 24.3 Å². The van der Waals surface area contributed by atoms with Crippen LogP contribution in [-0.2, 0) is 5.60 Å². The summed E-state index contributed by atoms with van der Waals surface area (Å²) in [4.78, 5) is 7.64. The molecule has 1 rings (SSSR count). The smallest absolute Gasteiger partial charge is 0.115 e. The van der Waals surface area contributed by atoms with E-state index in [9.17, 15) is 5.11 Å². The zero-order valence-electron chi connectivity index (χ0n) is 7.07. The summed E-state index contributed by atoms with van der Waals surface area (Å²) in [6.45, 7) is 2.07. The van der Waals surface area contributed by atoms with E-state index in [4.69, 9.17) is 5.73 Å². The van der Waals surface area contributed by atoms with Crippen molar-refractivity contribution in [2.45, 2.75) is 18.9 Å². The Kier molecular flexibility index (Phi) is 2.73. The number of hydrogen-bond donors (Lipinski definition) is 2. The average molecular weight is 167 g/mol. The minimum absolute atomic E-state index is 0.191. The van der Waals surface area contributed by atoms with Crippen LogP contribution in [0.1, 0.15) is 18.9 Å². The molecule has 0 spiro atoms. The number of nitrogens with two attached hydrogens (primary N) is 1. The summed E-state index contributed by atoms with van der Waals surface area (Å²) in [5.74, 6) is 0. The molecular formula is C8H13N3O. The average Bonchev–Trinajstić information content (AvgIpc) is 2.18. The lowest BCUT2D eigenvalue weighted by Gasteiger charge is -2.24. The van der Waals surface area contributed by atoms with Crippen LogP contribution in [0.15, 0.2) is 18.7 Å². The van der Waals surface area contributed by atoms with Crippen molar-refractivity contribution in [1.82, 2.24) is 9.97 Å². The van der Waals surface area contributed by atoms with Gasteiger partial charge in [0.25, 0.3) is 0 Å². The lowest BCUT2D eigenvalue weighted by atomic mass is 9.94. The molecule has 1 atom stereocenters. The Morgan fingerprint density at radius 2 is 2.08 bits per heavy atom. The van der Waals surface area contributed by atoms with Crippen LogP contribution in [0, 0.1) is 0 Å². The molecule has 0 aromatic carbocycles. The Balaban J connectivity index is 2.95. The molecule has 0 aliphatic heterocycles. The predicted octanol–water partition coefficient (Wildman–Crippen LogP) is 0.0329. The summed E-state index contributed by atoms with van der Waals surface area (Å²) >= 11 is 0. The molecule has 0 fully saturated rings. The fourth-order valence-corrected chi connectivity index (χ4v) is 1.01. The van der Waals surface area contributed by atoms with Crippen LogP contribution in [0.25, 0.3) is 0 Å². The van der Waals surface area contributed by atoms with Gasteiger partial charge in [-0.25, -0.2) is 9.97 Å². The third kappa shape index (κ3) is 1.60. The Hall–Kier alpha value is -1.00. The molecule has 1 aromatic rings. The highest BCUT2D eigenvalue weighted by Crippen LogP contribution is 2.21.